The Labute approximate surface area is 162 Å². The molecule has 1 saturated carbocycles. The van der Waals surface area contributed by atoms with Gasteiger partial charge in [-0.05, 0) is 50.5 Å². The van der Waals surface area contributed by atoms with Gasteiger partial charge >= 0.3 is 5.97 Å². The maximum atomic E-state index is 13.0. The molecule has 2 bridgehead atoms. The maximum Gasteiger partial charge on any atom is 0.341 e. The van der Waals surface area contributed by atoms with Crippen molar-refractivity contribution in [1.29, 1.82) is 0 Å². The van der Waals surface area contributed by atoms with Gasteiger partial charge in [0.1, 0.15) is 5.00 Å². The summed E-state index contributed by atoms with van der Waals surface area (Å²) in [7, 11) is 0. The number of carboxylic acids is 1. The third-order valence-corrected chi connectivity index (χ3v) is 6.66. The molecule has 1 heterocycles. The van der Waals surface area contributed by atoms with E-state index >= 15 is 0 Å². The average Bonchev–Trinajstić information content (AvgIpc) is 2.96. The van der Waals surface area contributed by atoms with Crippen LogP contribution >= 0.6 is 11.3 Å². The van der Waals surface area contributed by atoms with E-state index in [4.69, 9.17) is 4.74 Å². The van der Waals surface area contributed by atoms with Crippen molar-refractivity contribution in [2.24, 2.45) is 23.7 Å². The number of carboxylic acid groups (broad SMARTS) is 1. The van der Waals surface area contributed by atoms with Crippen LogP contribution in [0.15, 0.2) is 12.2 Å². The number of rotatable bonds is 6. The van der Waals surface area contributed by atoms with Crippen LogP contribution in [0.1, 0.15) is 47.5 Å². The van der Waals surface area contributed by atoms with E-state index in [2.05, 4.69) is 5.32 Å². The number of fused-ring (bicyclic) bond motifs is 2. The fourth-order valence-electron chi connectivity index (χ4n) is 4.38. The van der Waals surface area contributed by atoms with Gasteiger partial charge in [-0.3, -0.25) is 4.79 Å². The second-order valence-corrected chi connectivity index (χ2v) is 8.29. The van der Waals surface area contributed by atoms with E-state index in [9.17, 15) is 19.5 Å². The minimum absolute atomic E-state index is 0.115. The predicted molar refractivity (Wildman–Crippen MR) is 100 cm³/mol. The number of amides is 1. The van der Waals surface area contributed by atoms with Gasteiger partial charge in [-0.15, -0.1) is 11.3 Å². The lowest BCUT2D eigenvalue weighted by Gasteiger charge is -2.44. The lowest BCUT2D eigenvalue weighted by molar-refractivity contribution is -0.316. The highest BCUT2D eigenvalue weighted by Gasteiger charge is 2.45. The lowest BCUT2D eigenvalue weighted by Crippen LogP contribution is -2.51. The van der Waals surface area contributed by atoms with Gasteiger partial charge in [0.2, 0.25) is 5.91 Å². The average molecular weight is 390 g/mol. The highest BCUT2D eigenvalue weighted by molar-refractivity contribution is 7.16. The van der Waals surface area contributed by atoms with Crippen LogP contribution in [-0.4, -0.2) is 24.5 Å². The molecule has 1 aromatic heterocycles. The van der Waals surface area contributed by atoms with Crippen LogP contribution in [0.2, 0.25) is 0 Å². The molecular weight excluding hydrogens is 366 g/mol. The molecule has 6 nitrogen and oxygen atoms in total. The van der Waals surface area contributed by atoms with Crippen molar-refractivity contribution in [1.82, 2.24) is 0 Å². The van der Waals surface area contributed by atoms with Crippen molar-refractivity contribution in [3.8, 4) is 0 Å². The van der Waals surface area contributed by atoms with Crippen molar-refractivity contribution in [2.45, 2.75) is 40.0 Å². The second-order valence-electron chi connectivity index (χ2n) is 7.06. The molecule has 146 valence electrons. The number of aryl methyl sites for hydroxylation is 1. The number of carbonyl (C=O) groups is 3. The number of hydrogen-bond acceptors (Lipinski definition) is 6. The van der Waals surface area contributed by atoms with Gasteiger partial charge in [-0.1, -0.05) is 19.1 Å². The van der Waals surface area contributed by atoms with Crippen molar-refractivity contribution in [2.75, 3.05) is 11.9 Å². The van der Waals surface area contributed by atoms with Crippen LogP contribution in [0.3, 0.4) is 0 Å². The number of hydrogen-bond donors (Lipinski definition) is 1. The summed E-state index contributed by atoms with van der Waals surface area (Å²) in [6.45, 7) is 5.82. The van der Waals surface area contributed by atoms with E-state index in [0.29, 0.717) is 17.0 Å². The molecule has 0 spiro atoms. The lowest BCUT2D eigenvalue weighted by atomic mass is 9.62. The van der Waals surface area contributed by atoms with Gasteiger partial charge in [0.25, 0.3) is 0 Å². The van der Waals surface area contributed by atoms with Crippen molar-refractivity contribution >= 4 is 34.2 Å². The van der Waals surface area contributed by atoms with Gasteiger partial charge in [0, 0.05) is 16.8 Å². The number of nitrogens with one attached hydrogen (secondary N) is 1. The Balaban J connectivity index is 1.91. The molecule has 0 aliphatic heterocycles. The maximum absolute atomic E-state index is 13.0. The largest absolute Gasteiger partial charge is 0.550 e. The zero-order chi connectivity index (χ0) is 19.7. The van der Waals surface area contributed by atoms with Gasteiger partial charge in [-0.2, -0.15) is 0 Å². The third-order valence-electron chi connectivity index (χ3n) is 5.60. The fourth-order valence-corrected chi connectivity index (χ4v) is 5.52. The first-order valence-electron chi connectivity index (χ1n) is 9.38. The van der Waals surface area contributed by atoms with Crippen LogP contribution < -0.4 is 10.4 Å². The Morgan fingerprint density at radius 1 is 1.19 bits per heavy atom. The summed E-state index contributed by atoms with van der Waals surface area (Å²) in [6, 6.07) is 0. The van der Waals surface area contributed by atoms with Gasteiger partial charge in [0.15, 0.2) is 0 Å². The number of allylic oxidation sites excluding steroid dienone is 2. The molecule has 1 fully saturated rings. The molecule has 3 aliphatic carbocycles. The SMILES string of the molecule is CCOC(=O)c1c(NC(=O)[C@H]2[C@@H](C(=O)[O-])[C@H]3C=C[C@H]2CC3)sc(C)c1CC. The van der Waals surface area contributed by atoms with Crippen LogP contribution in [0.5, 0.6) is 0 Å². The monoisotopic (exact) mass is 390 g/mol. The van der Waals surface area contributed by atoms with Crippen molar-refractivity contribution < 1.29 is 24.2 Å². The summed E-state index contributed by atoms with van der Waals surface area (Å²) in [4.78, 5) is 38.1. The van der Waals surface area contributed by atoms with E-state index in [-0.39, 0.29) is 24.3 Å². The molecule has 4 atom stereocenters. The van der Waals surface area contributed by atoms with Gasteiger partial charge in [0.05, 0.1) is 18.1 Å². The van der Waals surface area contributed by atoms with E-state index in [1.54, 1.807) is 6.92 Å². The van der Waals surface area contributed by atoms with E-state index < -0.39 is 23.8 Å². The highest BCUT2D eigenvalue weighted by atomic mass is 32.1. The first-order chi connectivity index (χ1) is 12.9. The zero-order valence-electron chi connectivity index (χ0n) is 15.7. The Bertz CT molecular complexity index is 797. The summed E-state index contributed by atoms with van der Waals surface area (Å²) in [5.74, 6) is -3.80. The predicted octanol–water partition coefficient (Wildman–Crippen LogP) is 2.31. The number of anilines is 1. The molecule has 27 heavy (non-hydrogen) atoms. The Hall–Kier alpha value is -2.15. The summed E-state index contributed by atoms with van der Waals surface area (Å²) in [5.41, 5.74) is 1.24. The smallest absolute Gasteiger partial charge is 0.341 e. The van der Waals surface area contributed by atoms with Gasteiger partial charge in [-0.25, -0.2) is 4.79 Å². The molecular formula is C20H24NO5S-. The third kappa shape index (κ3) is 3.52. The zero-order valence-corrected chi connectivity index (χ0v) is 16.6. The number of esters is 1. The fraction of sp³-hybridized carbons (Fsp3) is 0.550. The molecule has 1 amide bonds. The molecule has 0 radical (unpaired) electrons. The van der Waals surface area contributed by atoms with E-state index in [1.807, 2.05) is 26.0 Å². The number of aliphatic carboxylic acids is 1. The van der Waals surface area contributed by atoms with E-state index in [0.717, 1.165) is 23.3 Å². The quantitative estimate of drug-likeness (QED) is 0.594. The standard InChI is InChI=1S/C20H25NO5S/c1-4-13-10(3)27-18(16(13)20(25)26-5-2)21-17(22)14-11-6-8-12(9-7-11)15(14)19(23)24/h6,8,11-12,14-15H,4-5,7,9H2,1-3H3,(H,21,22)(H,23,24)/p-1/t11-,12-,14+,15-/m0/s1. The molecule has 0 unspecified atom stereocenters. The Morgan fingerprint density at radius 3 is 2.33 bits per heavy atom. The summed E-state index contributed by atoms with van der Waals surface area (Å²) in [5, 5.41) is 15.0. The molecule has 3 aliphatic rings. The topological polar surface area (TPSA) is 95.5 Å². The first kappa shape index (κ1) is 19.6. The molecule has 0 aromatic carbocycles. The van der Waals surface area contributed by atoms with Gasteiger partial charge < -0.3 is 20.0 Å². The Morgan fingerprint density at radius 2 is 1.81 bits per heavy atom. The van der Waals surface area contributed by atoms with Crippen molar-refractivity contribution in [3.63, 3.8) is 0 Å². The molecule has 0 saturated heterocycles. The number of carbonyl (C=O) groups excluding carboxylic acids is 3. The molecule has 4 rings (SSSR count). The normalized spacial score (nSPS) is 26.0. The minimum Gasteiger partial charge on any atom is -0.550 e. The van der Waals surface area contributed by atoms with Crippen LogP contribution in [0, 0.1) is 30.6 Å². The summed E-state index contributed by atoms with van der Waals surface area (Å²) >= 11 is 1.33. The summed E-state index contributed by atoms with van der Waals surface area (Å²) < 4.78 is 5.16. The van der Waals surface area contributed by atoms with Crippen LogP contribution in [0.4, 0.5) is 5.00 Å². The number of ether oxygens (including phenoxy) is 1. The van der Waals surface area contributed by atoms with Crippen molar-refractivity contribution in [3.05, 3.63) is 28.2 Å². The molecule has 1 aromatic rings. The highest BCUT2D eigenvalue weighted by Crippen LogP contribution is 2.45. The molecule has 7 heteroatoms. The second kappa shape index (κ2) is 7.84. The minimum atomic E-state index is -1.18. The molecule has 1 N–H and O–H groups in total. The van der Waals surface area contributed by atoms with Crippen LogP contribution in [-0.2, 0) is 20.7 Å². The Kier molecular flexibility index (Phi) is 5.69. The number of thiophene rings is 1. The first-order valence-corrected chi connectivity index (χ1v) is 10.2. The van der Waals surface area contributed by atoms with Crippen LogP contribution in [0.25, 0.3) is 0 Å². The summed E-state index contributed by atoms with van der Waals surface area (Å²) in [6.07, 6.45) is 6.03. The van der Waals surface area contributed by atoms with E-state index in [1.165, 1.54) is 11.3 Å².